The van der Waals surface area contributed by atoms with Gasteiger partial charge in [-0.15, -0.1) is 0 Å². The Bertz CT molecular complexity index is 8200. The van der Waals surface area contributed by atoms with Gasteiger partial charge in [0.1, 0.15) is 34.5 Å². The van der Waals surface area contributed by atoms with Gasteiger partial charge < -0.3 is 14.2 Å². The van der Waals surface area contributed by atoms with E-state index in [4.69, 9.17) is 44.1 Å². The Kier molecular flexibility index (Phi) is 20.5. The molecular formula is C126H88N6O3. The Labute approximate surface area is 784 Å². The Balaban J connectivity index is 0.000000108. The predicted octanol–water partition coefficient (Wildman–Crippen LogP) is 31.7. The maximum absolute atomic E-state index is 6.41. The van der Waals surface area contributed by atoms with E-state index in [9.17, 15) is 0 Å². The molecule has 0 N–H and O–H groups in total. The minimum atomic E-state index is 0.0194. The van der Waals surface area contributed by atoms with Crippen LogP contribution >= 0.6 is 0 Å². The molecule has 9 heteroatoms. The van der Waals surface area contributed by atoms with Crippen LogP contribution in [0.5, 0.6) is 28.7 Å². The van der Waals surface area contributed by atoms with Gasteiger partial charge in [0.25, 0.3) is 0 Å². The molecule has 0 bridgehead atoms. The van der Waals surface area contributed by atoms with Gasteiger partial charge in [0.15, 0.2) is 0 Å². The number of hydrogen-bond donors (Lipinski definition) is 0. The zero-order chi connectivity index (χ0) is 89.2. The van der Waals surface area contributed by atoms with E-state index in [0.29, 0.717) is 0 Å². The summed E-state index contributed by atoms with van der Waals surface area (Å²) in [6, 6.07) is 122. The summed E-state index contributed by atoms with van der Waals surface area (Å²) in [5.74, 6) is 6.04. The van der Waals surface area contributed by atoms with E-state index < -0.39 is 0 Å². The molecule has 0 fully saturated rings. The average Bonchev–Trinajstić information content (AvgIpc) is 0.742. The quantitative estimate of drug-likeness (QED) is 0.120. The Morgan fingerprint density at radius 3 is 1.70 bits per heavy atom. The lowest BCUT2D eigenvalue weighted by atomic mass is 9.79. The van der Waals surface area contributed by atoms with Crippen molar-refractivity contribution in [2.24, 2.45) is 15.9 Å². The van der Waals surface area contributed by atoms with Crippen molar-refractivity contribution in [1.82, 2.24) is 19.9 Å². The SMILES string of the molecule is C1=CC(c2cc(-c3ccc4cc(-c5ccc6c7c(cccc57)-c5ccccc5O6)ncc4c3)cc(-c3ccccc3)n2)=CCC1.C1=CC2N=CC(c3ccc4c5c3CCC=C5c3ccccc3O4)=CC2C=C1c1cc(-c2ccccc2)cc(-c2ccccc2)n1.C1=CCC2C(=C1)Oc1ccc(-c3cc4cc(C5CC(c6ccccc6)=CC(c6ccccc6)=N5)ccc4cn3)c3cccc2c13. The molecule has 0 amide bonds. The van der Waals surface area contributed by atoms with Gasteiger partial charge in [-0.05, 0) is 252 Å². The molecule has 18 aromatic rings. The zero-order valence-corrected chi connectivity index (χ0v) is 74.0. The lowest BCUT2D eigenvalue weighted by Crippen LogP contribution is -2.20. The first-order valence-corrected chi connectivity index (χ1v) is 46.9. The number of aliphatic imine (C=N–C) groups is 2. The van der Waals surface area contributed by atoms with E-state index in [-0.39, 0.29) is 23.9 Å². The Hall–Kier alpha value is -16.9. The van der Waals surface area contributed by atoms with Crippen molar-refractivity contribution in [2.45, 2.75) is 56.5 Å². The van der Waals surface area contributed by atoms with Gasteiger partial charge in [0.05, 0.1) is 52.0 Å². The number of nitrogens with zero attached hydrogens (tertiary/aromatic N) is 6. The minimum Gasteiger partial charge on any atom is -0.460 e. The summed E-state index contributed by atoms with van der Waals surface area (Å²) in [5, 5.41) is 9.22. The number of ether oxygens (including phenoxy) is 3. The second-order valence-corrected chi connectivity index (χ2v) is 35.8. The molecule has 9 nitrogen and oxygen atoms in total. The van der Waals surface area contributed by atoms with Crippen molar-refractivity contribution in [2.75, 3.05) is 0 Å². The maximum Gasteiger partial charge on any atom is 0.135 e. The molecule has 0 saturated heterocycles. The summed E-state index contributed by atoms with van der Waals surface area (Å²) in [6.07, 6.45) is 39.0. The third kappa shape index (κ3) is 15.2. The second kappa shape index (κ2) is 34.4. The Morgan fingerprint density at radius 2 is 0.956 bits per heavy atom. The lowest BCUT2D eigenvalue weighted by Gasteiger charge is -2.30. The summed E-state index contributed by atoms with van der Waals surface area (Å²) < 4.78 is 19.1. The summed E-state index contributed by atoms with van der Waals surface area (Å²) in [6.45, 7) is 0. The minimum absolute atomic E-state index is 0.0194. The van der Waals surface area contributed by atoms with Crippen LogP contribution in [-0.2, 0) is 6.42 Å². The van der Waals surface area contributed by atoms with Gasteiger partial charge in [-0.1, -0.05) is 316 Å². The van der Waals surface area contributed by atoms with Crippen molar-refractivity contribution in [3.63, 3.8) is 0 Å². The number of pyridine rings is 4. The van der Waals surface area contributed by atoms with Crippen LogP contribution in [0.1, 0.15) is 100.0 Å². The molecule has 27 rings (SSSR count). The molecule has 4 aliphatic carbocycles. The van der Waals surface area contributed by atoms with Crippen LogP contribution in [0, 0.1) is 5.92 Å². The van der Waals surface area contributed by atoms with Crippen LogP contribution in [0.15, 0.2) is 447 Å². The zero-order valence-electron chi connectivity index (χ0n) is 74.0. The molecular weight excluding hydrogens is 1650 g/mol. The van der Waals surface area contributed by atoms with Crippen molar-refractivity contribution < 1.29 is 14.2 Å². The molecule has 0 radical (unpaired) electrons. The smallest absolute Gasteiger partial charge is 0.135 e. The maximum atomic E-state index is 6.41. The van der Waals surface area contributed by atoms with Crippen LogP contribution < -0.4 is 14.2 Å². The molecule has 9 heterocycles. The number of aromatic nitrogens is 4. The van der Waals surface area contributed by atoms with Crippen LogP contribution in [0.3, 0.4) is 0 Å². The van der Waals surface area contributed by atoms with Gasteiger partial charge >= 0.3 is 0 Å². The normalized spacial score (nSPS) is 16.9. The fourth-order valence-electron chi connectivity index (χ4n) is 20.9. The first-order chi connectivity index (χ1) is 66.8. The first kappa shape index (κ1) is 80.2. The highest BCUT2D eigenvalue weighted by Crippen LogP contribution is 2.53. The molecule has 0 spiro atoms. The van der Waals surface area contributed by atoms with Gasteiger partial charge in [0, 0.05) is 90.9 Å². The van der Waals surface area contributed by atoms with Gasteiger partial charge in [-0.25, -0.2) is 9.97 Å². The van der Waals surface area contributed by atoms with Gasteiger partial charge in [-0.3, -0.25) is 20.0 Å². The monoisotopic (exact) mass is 1730 g/mol. The highest BCUT2D eigenvalue weighted by atomic mass is 16.5. The topological polar surface area (TPSA) is 104 Å². The van der Waals surface area contributed by atoms with E-state index in [2.05, 4.69) is 395 Å². The number of rotatable bonds is 12. The van der Waals surface area contributed by atoms with Crippen LogP contribution in [0.2, 0.25) is 0 Å². The summed E-state index contributed by atoms with van der Waals surface area (Å²) in [4.78, 5) is 30.5. The average molecular weight is 1730 g/mol. The molecule has 4 aromatic heterocycles. The number of benzene rings is 14. The van der Waals surface area contributed by atoms with Crippen molar-refractivity contribution in [3.8, 4) is 107 Å². The highest BCUT2D eigenvalue weighted by molar-refractivity contribution is 6.15. The molecule has 4 atom stereocenters. The molecule has 9 aliphatic rings. The third-order valence-electron chi connectivity index (χ3n) is 27.6. The van der Waals surface area contributed by atoms with Crippen LogP contribution in [-0.4, -0.2) is 37.9 Å². The van der Waals surface area contributed by atoms with E-state index in [0.717, 1.165) is 195 Å². The number of hydrogen-bond acceptors (Lipinski definition) is 9. The van der Waals surface area contributed by atoms with Crippen LogP contribution in [0.25, 0.3) is 149 Å². The third-order valence-corrected chi connectivity index (χ3v) is 27.6. The van der Waals surface area contributed by atoms with Crippen molar-refractivity contribution in [1.29, 1.82) is 0 Å². The largest absolute Gasteiger partial charge is 0.460 e. The molecule has 0 saturated carbocycles. The number of dihydropyridines is 2. The summed E-state index contributed by atoms with van der Waals surface area (Å²) in [5.41, 5.74) is 34.3. The van der Waals surface area contributed by atoms with Gasteiger partial charge in [-0.2, -0.15) is 0 Å². The lowest BCUT2D eigenvalue weighted by molar-refractivity contribution is 0.375. The standard InChI is InChI=1S/2C42H30N2O.C42H28N2O/c1-3-10-27(11-4-1)30-24-38(28-12-5-2-6-13-28)44-39(25-30)29-18-20-37-31(22-29)23-32(26-43-37)33-19-21-41-42-35(33)15-9-16-36(42)34-14-7-8-17-40(34)45-41;1-3-10-27(11-4-1)32-23-37(28-12-5-2-6-13-28)44-38(24-32)29-18-19-30-26-43-39(25-31(30)22-29)33-20-21-41-42-35(33)15-9-16-36(42)34-14-7-8-17-40(34)45-41;1-3-10-27(11-4-1)37-24-31(25-38(44-37)28-12-5-2-6-13-28)29-18-19-30-23-39(43-26-32(30)22-29)33-20-21-41-42-35(33)15-9-16-36(42)34-14-7-8-17-40(34)45-41/h1-8,10-14,16-26,31,37H,9,15H2;1-13,15-23,25-26,34,38H,14,24H2;1,3-5,7-26H,2,6H2. The molecule has 640 valence electrons. The number of para-hydroxylation sites is 2. The van der Waals surface area contributed by atoms with Crippen molar-refractivity contribution >= 4 is 82.9 Å². The number of allylic oxidation sites excluding steroid dienone is 13. The molecule has 5 aliphatic heterocycles. The fourth-order valence-corrected chi connectivity index (χ4v) is 20.9. The van der Waals surface area contributed by atoms with E-state index in [1.165, 1.54) is 88.5 Å². The first-order valence-electron chi connectivity index (χ1n) is 46.9. The van der Waals surface area contributed by atoms with Crippen LogP contribution in [0.4, 0.5) is 0 Å². The second-order valence-electron chi connectivity index (χ2n) is 35.8. The highest BCUT2D eigenvalue weighted by Gasteiger charge is 2.34. The molecule has 135 heavy (non-hydrogen) atoms. The fraction of sp³-hybridized carbons (Fsp3) is 0.0794. The van der Waals surface area contributed by atoms with E-state index >= 15 is 0 Å². The van der Waals surface area contributed by atoms with E-state index in [1.54, 1.807) is 0 Å². The number of fused-ring (bicyclic) bond motifs is 9. The summed E-state index contributed by atoms with van der Waals surface area (Å²) >= 11 is 0. The van der Waals surface area contributed by atoms with Crippen molar-refractivity contribution in [3.05, 3.63) is 493 Å². The predicted molar refractivity (Wildman–Crippen MR) is 554 cm³/mol. The van der Waals surface area contributed by atoms with Gasteiger partial charge in [0.2, 0.25) is 0 Å². The van der Waals surface area contributed by atoms with E-state index in [1.807, 2.05) is 42.7 Å². The Morgan fingerprint density at radius 1 is 0.356 bits per heavy atom. The summed E-state index contributed by atoms with van der Waals surface area (Å²) in [7, 11) is 0. The molecule has 14 aromatic carbocycles. The molecule has 4 unspecified atom stereocenters.